The second-order valence-corrected chi connectivity index (χ2v) is 7.52. The van der Waals surface area contributed by atoms with Crippen molar-refractivity contribution in [2.75, 3.05) is 11.4 Å². The van der Waals surface area contributed by atoms with Gasteiger partial charge in [0.25, 0.3) is 5.91 Å². The molecule has 0 aromatic carbocycles. The summed E-state index contributed by atoms with van der Waals surface area (Å²) in [7, 11) is 0. The molecule has 4 rings (SSSR count). The predicted molar refractivity (Wildman–Crippen MR) is 104 cm³/mol. The smallest absolute Gasteiger partial charge is 0.272 e. The zero-order valence-corrected chi connectivity index (χ0v) is 16.1. The minimum atomic E-state index is -0.212. The summed E-state index contributed by atoms with van der Waals surface area (Å²) in [5, 5.41) is 11.5. The van der Waals surface area contributed by atoms with Crippen LogP contribution in [0.5, 0.6) is 0 Å². The highest BCUT2D eigenvalue weighted by atomic mass is 32.1. The number of carbonyl (C=O) groups is 1. The topological polar surface area (TPSA) is 83.9 Å². The van der Waals surface area contributed by atoms with Crippen LogP contribution >= 0.6 is 11.3 Å². The zero-order chi connectivity index (χ0) is 18.8. The van der Waals surface area contributed by atoms with Gasteiger partial charge < -0.3 is 10.2 Å². The number of rotatable bonds is 4. The van der Waals surface area contributed by atoms with E-state index in [0.29, 0.717) is 12.2 Å². The fourth-order valence-electron chi connectivity index (χ4n) is 3.24. The van der Waals surface area contributed by atoms with Crippen molar-refractivity contribution in [3.05, 3.63) is 63.0 Å². The Morgan fingerprint density at radius 2 is 2.19 bits per heavy atom. The van der Waals surface area contributed by atoms with Crippen molar-refractivity contribution in [1.29, 1.82) is 0 Å². The molecule has 3 aromatic heterocycles. The third kappa shape index (κ3) is 3.52. The standard InChI is InChI=1S/C19H20N6OS/c1-12-13(2)18(25-7-5-16-14(10-25)4-3-6-21-16)24-23-17(12)19(26)22-9-15-8-20-11-27-15/h3-4,6,8,11H,5,7,9-10H2,1-2H3,(H,22,26). The molecule has 4 heterocycles. The maximum atomic E-state index is 12.5. The molecule has 0 atom stereocenters. The summed E-state index contributed by atoms with van der Waals surface area (Å²) in [6.07, 6.45) is 4.47. The molecule has 0 bridgehead atoms. The molecule has 8 heteroatoms. The molecule has 1 aliphatic rings. The van der Waals surface area contributed by atoms with Gasteiger partial charge in [-0.3, -0.25) is 14.8 Å². The lowest BCUT2D eigenvalue weighted by Crippen LogP contribution is -2.33. The van der Waals surface area contributed by atoms with Crippen LogP contribution in [-0.4, -0.2) is 32.6 Å². The molecule has 0 saturated carbocycles. The van der Waals surface area contributed by atoms with Crippen LogP contribution in [0.4, 0.5) is 5.82 Å². The molecule has 1 N–H and O–H groups in total. The Balaban J connectivity index is 1.53. The van der Waals surface area contributed by atoms with Crippen molar-refractivity contribution in [3.8, 4) is 0 Å². The normalized spacial score (nSPS) is 13.3. The van der Waals surface area contributed by atoms with E-state index in [4.69, 9.17) is 0 Å². The first kappa shape index (κ1) is 17.5. The first-order chi connectivity index (χ1) is 13.1. The van der Waals surface area contributed by atoms with Gasteiger partial charge in [0.1, 0.15) is 0 Å². The van der Waals surface area contributed by atoms with E-state index >= 15 is 0 Å². The van der Waals surface area contributed by atoms with Gasteiger partial charge in [-0.1, -0.05) is 6.07 Å². The van der Waals surface area contributed by atoms with Crippen LogP contribution in [0.2, 0.25) is 0 Å². The highest BCUT2D eigenvalue weighted by molar-refractivity contribution is 7.09. The van der Waals surface area contributed by atoms with Crippen molar-refractivity contribution < 1.29 is 4.79 Å². The number of amides is 1. The number of fused-ring (bicyclic) bond motifs is 1. The molecular weight excluding hydrogens is 360 g/mol. The lowest BCUT2D eigenvalue weighted by Gasteiger charge is -2.30. The first-order valence-corrected chi connectivity index (χ1v) is 9.68. The third-order valence-electron chi connectivity index (χ3n) is 4.88. The van der Waals surface area contributed by atoms with Crippen molar-refractivity contribution in [1.82, 2.24) is 25.5 Å². The molecule has 3 aromatic rings. The van der Waals surface area contributed by atoms with Crippen LogP contribution in [0.3, 0.4) is 0 Å². The van der Waals surface area contributed by atoms with Gasteiger partial charge in [-0.05, 0) is 36.6 Å². The van der Waals surface area contributed by atoms with Gasteiger partial charge in [-0.2, -0.15) is 0 Å². The number of nitrogens with zero attached hydrogens (tertiary/aromatic N) is 5. The van der Waals surface area contributed by atoms with Gasteiger partial charge >= 0.3 is 0 Å². The summed E-state index contributed by atoms with van der Waals surface area (Å²) in [6, 6.07) is 4.06. The number of aromatic nitrogens is 4. The SMILES string of the molecule is Cc1c(C(=O)NCc2cncs2)nnc(N2CCc3ncccc3C2)c1C. The van der Waals surface area contributed by atoms with E-state index in [-0.39, 0.29) is 5.91 Å². The number of hydrogen-bond donors (Lipinski definition) is 1. The van der Waals surface area contributed by atoms with E-state index < -0.39 is 0 Å². The number of hydrogen-bond acceptors (Lipinski definition) is 7. The molecule has 1 aliphatic heterocycles. The van der Waals surface area contributed by atoms with E-state index in [0.717, 1.165) is 47.0 Å². The van der Waals surface area contributed by atoms with Gasteiger partial charge in [0.2, 0.25) is 0 Å². The van der Waals surface area contributed by atoms with Crippen LogP contribution in [0.1, 0.15) is 37.7 Å². The lowest BCUT2D eigenvalue weighted by molar-refractivity contribution is 0.0944. The molecule has 0 spiro atoms. The molecule has 0 aliphatic carbocycles. The number of pyridine rings is 1. The summed E-state index contributed by atoms with van der Waals surface area (Å²) in [6.45, 7) is 5.97. The number of thiazole rings is 1. The highest BCUT2D eigenvalue weighted by Gasteiger charge is 2.23. The Hall–Kier alpha value is -2.87. The second-order valence-electron chi connectivity index (χ2n) is 6.55. The third-order valence-corrected chi connectivity index (χ3v) is 5.66. The number of nitrogens with one attached hydrogen (secondary N) is 1. The van der Waals surface area contributed by atoms with Gasteiger partial charge in [0.15, 0.2) is 11.5 Å². The largest absolute Gasteiger partial charge is 0.350 e. The number of anilines is 1. The molecule has 1 amide bonds. The van der Waals surface area contributed by atoms with Gasteiger partial charge in [0.05, 0.1) is 12.1 Å². The van der Waals surface area contributed by atoms with Gasteiger partial charge in [-0.25, -0.2) is 0 Å². The fraction of sp³-hybridized carbons (Fsp3) is 0.316. The average molecular weight is 380 g/mol. The van der Waals surface area contributed by atoms with Crippen LogP contribution in [0.15, 0.2) is 30.0 Å². The van der Waals surface area contributed by atoms with Crippen LogP contribution in [0.25, 0.3) is 0 Å². The lowest BCUT2D eigenvalue weighted by atomic mass is 10.0. The minimum Gasteiger partial charge on any atom is -0.350 e. The monoisotopic (exact) mass is 380 g/mol. The quantitative estimate of drug-likeness (QED) is 0.748. The maximum Gasteiger partial charge on any atom is 0.272 e. The summed E-state index contributed by atoms with van der Waals surface area (Å²) in [5.74, 6) is 0.622. The molecule has 0 saturated heterocycles. The van der Waals surface area contributed by atoms with E-state index in [1.165, 1.54) is 16.9 Å². The molecule has 0 radical (unpaired) electrons. The number of carbonyl (C=O) groups excluding carboxylic acids is 1. The summed E-state index contributed by atoms with van der Waals surface area (Å²) in [5.41, 5.74) is 6.33. The van der Waals surface area contributed by atoms with Crippen LogP contribution in [0, 0.1) is 13.8 Å². The van der Waals surface area contributed by atoms with E-state index in [9.17, 15) is 4.79 Å². The van der Waals surface area contributed by atoms with Gasteiger partial charge in [0, 0.05) is 42.5 Å². The molecule has 138 valence electrons. The Morgan fingerprint density at radius 1 is 1.30 bits per heavy atom. The molecule has 0 fully saturated rings. The Kier molecular flexibility index (Phi) is 4.81. The van der Waals surface area contributed by atoms with Crippen molar-refractivity contribution in [3.63, 3.8) is 0 Å². The minimum absolute atomic E-state index is 0.212. The fourth-order valence-corrected chi connectivity index (χ4v) is 3.77. The molecule has 0 unspecified atom stereocenters. The van der Waals surface area contributed by atoms with E-state index in [1.54, 1.807) is 11.7 Å². The first-order valence-electron chi connectivity index (χ1n) is 8.80. The van der Waals surface area contributed by atoms with E-state index in [2.05, 4.69) is 36.4 Å². The molecular formula is C19H20N6OS. The average Bonchev–Trinajstić information content (AvgIpc) is 3.21. The van der Waals surface area contributed by atoms with Crippen molar-refractivity contribution in [2.45, 2.75) is 33.4 Å². The van der Waals surface area contributed by atoms with Crippen LogP contribution < -0.4 is 10.2 Å². The Labute approximate surface area is 161 Å². The Morgan fingerprint density at radius 3 is 3.00 bits per heavy atom. The summed E-state index contributed by atoms with van der Waals surface area (Å²) in [4.78, 5) is 24.2. The second kappa shape index (κ2) is 7.40. The van der Waals surface area contributed by atoms with Crippen molar-refractivity contribution >= 4 is 23.1 Å². The van der Waals surface area contributed by atoms with Crippen molar-refractivity contribution in [2.24, 2.45) is 0 Å². The maximum absolute atomic E-state index is 12.5. The van der Waals surface area contributed by atoms with Gasteiger partial charge in [-0.15, -0.1) is 21.5 Å². The summed E-state index contributed by atoms with van der Waals surface area (Å²) >= 11 is 1.51. The Bertz CT molecular complexity index is 972. The highest BCUT2D eigenvalue weighted by Crippen LogP contribution is 2.26. The zero-order valence-electron chi connectivity index (χ0n) is 15.3. The summed E-state index contributed by atoms with van der Waals surface area (Å²) < 4.78 is 0. The molecule has 7 nitrogen and oxygen atoms in total. The molecule has 27 heavy (non-hydrogen) atoms. The predicted octanol–water partition coefficient (Wildman–Crippen LogP) is 2.44. The van der Waals surface area contributed by atoms with E-state index in [1.807, 2.05) is 26.1 Å². The van der Waals surface area contributed by atoms with Crippen LogP contribution in [-0.2, 0) is 19.5 Å².